The van der Waals surface area contributed by atoms with Gasteiger partial charge < -0.3 is 15.2 Å². The van der Waals surface area contributed by atoms with Gasteiger partial charge in [-0.25, -0.2) is 0 Å². The van der Waals surface area contributed by atoms with E-state index in [0.29, 0.717) is 12.7 Å². The number of benzene rings is 1. The lowest BCUT2D eigenvalue weighted by Gasteiger charge is -2.25. The minimum absolute atomic E-state index is 0.440. The van der Waals surface area contributed by atoms with Crippen LogP contribution in [-0.4, -0.2) is 13.2 Å². The van der Waals surface area contributed by atoms with E-state index < -0.39 is 0 Å². The van der Waals surface area contributed by atoms with Crippen LogP contribution in [0.3, 0.4) is 0 Å². The molecule has 0 amide bonds. The van der Waals surface area contributed by atoms with Gasteiger partial charge in [0.1, 0.15) is 5.75 Å². The van der Waals surface area contributed by atoms with Crippen LogP contribution in [0.2, 0.25) is 0 Å². The molecule has 2 N–H and O–H groups in total. The molecule has 0 bridgehead atoms. The van der Waals surface area contributed by atoms with Gasteiger partial charge in [0.15, 0.2) is 0 Å². The van der Waals surface area contributed by atoms with Gasteiger partial charge in [-0.2, -0.15) is 0 Å². The molecule has 1 fully saturated rings. The maximum absolute atomic E-state index is 5.85. The quantitative estimate of drug-likeness (QED) is 0.771. The molecule has 1 aliphatic rings. The van der Waals surface area contributed by atoms with E-state index in [-0.39, 0.29) is 0 Å². The topological polar surface area (TPSA) is 44.5 Å². The zero-order valence-electron chi connectivity index (χ0n) is 9.03. The zero-order valence-corrected chi connectivity index (χ0v) is 9.03. The molecule has 82 valence electrons. The van der Waals surface area contributed by atoms with Gasteiger partial charge in [-0.15, -0.1) is 0 Å². The maximum atomic E-state index is 5.85. The first-order chi connectivity index (χ1) is 7.29. The third-order valence-electron chi connectivity index (χ3n) is 2.88. The molecule has 0 aliphatic heterocycles. The summed E-state index contributed by atoms with van der Waals surface area (Å²) in [5.74, 6) is 0.830. The van der Waals surface area contributed by atoms with E-state index >= 15 is 0 Å². The molecular weight excluding hydrogens is 190 g/mol. The number of methoxy groups -OCH3 is 1. The van der Waals surface area contributed by atoms with Crippen molar-refractivity contribution in [3.63, 3.8) is 0 Å². The smallest absolute Gasteiger partial charge is 0.119 e. The van der Waals surface area contributed by atoms with Crippen LogP contribution in [0.25, 0.3) is 0 Å². The normalized spacial score (nSPS) is 16.1. The lowest BCUT2D eigenvalue weighted by Crippen LogP contribution is -2.21. The molecular formula is C12H17NO2. The summed E-state index contributed by atoms with van der Waals surface area (Å²) in [6.07, 6.45) is 4.10. The Labute approximate surface area is 90.2 Å². The van der Waals surface area contributed by atoms with Crippen LogP contribution >= 0.6 is 0 Å². The van der Waals surface area contributed by atoms with Crippen LogP contribution < -0.4 is 10.5 Å². The van der Waals surface area contributed by atoms with Crippen LogP contribution in [0.15, 0.2) is 18.2 Å². The molecule has 1 aliphatic carbocycles. The number of anilines is 1. The van der Waals surface area contributed by atoms with Crippen molar-refractivity contribution in [1.82, 2.24) is 0 Å². The SMILES string of the molecule is COc1ccc(N)c(COC2CCC2)c1. The molecule has 0 atom stereocenters. The summed E-state index contributed by atoms with van der Waals surface area (Å²) in [6, 6.07) is 5.66. The highest BCUT2D eigenvalue weighted by Crippen LogP contribution is 2.25. The fourth-order valence-corrected chi connectivity index (χ4v) is 1.58. The molecule has 0 spiro atoms. The highest BCUT2D eigenvalue weighted by molar-refractivity contribution is 5.50. The van der Waals surface area contributed by atoms with Crippen LogP contribution in [0.1, 0.15) is 24.8 Å². The summed E-state index contributed by atoms with van der Waals surface area (Å²) in [6.45, 7) is 0.591. The van der Waals surface area contributed by atoms with Gasteiger partial charge in [-0.05, 0) is 37.5 Å². The molecule has 15 heavy (non-hydrogen) atoms. The second-order valence-corrected chi connectivity index (χ2v) is 3.93. The number of rotatable bonds is 4. The standard InChI is InChI=1S/C12H17NO2/c1-14-11-5-6-12(13)9(7-11)8-15-10-3-2-4-10/h5-7,10H,2-4,8,13H2,1H3. The zero-order chi connectivity index (χ0) is 10.7. The largest absolute Gasteiger partial charge is 0.497 e. The number of nitrogen functional groups attached to an aromatic ring is 1. The van der Waals surface area contributed by atoms with Gasteiger partial charge >= 0.3 is 0 Å². The molecule has 0 aromatic heterocycles. The van der Waals surface area contributed by atoms with Gasteiger partial charge in [0, 0.05) is 11.3 Å². The minimum atomic E-state index is 0.440. The predicted molar refractivity (Wildman–Crippen MR) is 59.8 cm³/mol. The first-order valence-corrected chi connectivity index (χ1v) is 5.33. The molecule has 0 radical (unpaired) electrons. The van der Waals surface area contributed by atoms with E-state index in [2.05, 4.69) is 0 Å². The van der Waals surface area contributed by atoms with Gasteiger partial charge in [0.2, 0.25) is 0 Å². The highest BCUT2D eigenvalue weighted by atomic mass is 16.5. The average molecular weight is 207 g/mol. The number of hydrogen-bond donors (Lipinski definition) is 1. The average Bonchev–Trinajstić information content (AvgIpc) is 2.18. The molecule has 2 rings (SSSR count). The first kappa shape index (κ1) is 10.3. The van der Waals surface area contributed by atoms with Crippen LogP contribution in [-0.2, 0) is 11.3 Å². The summed E-state index contributed by atoms with van der Waals surface area (Å²) in [5, 5.41) is 0. The van der Waals surface area contributed by atoms with Gasteiger partial charge in [0.25, 0.3) is 0 Å². The van der Waals surface area contributed by atoms with E-state index in [9.17, 15) is 0 Å². The molecule has 1 aromatic carbocycles. The summed E-state index contributed by atoms with van der Waals surface area (Å²) < 4.78 is 10.9. The molecule has 0 heterocycles. The monoisotopic (exact) mass is 207 g/mol. The fraction of sp³-hybridized carbons (Fsp3) is 0.500. The van der Waals surface area contributed by atoms with Crippen molar-refractivity contribution < 1.29 is 9.47 Å². The van der Waals surface area contributed by atoms with E-state index in [1.165, 1.54) is 19.3 Å². The van der Waals surface area contributed by atoms with E-state index in [0.717, 1.165) is 17.0 Å². The summed E-state index contributed by atoms with van der Waals surface area (Å²) >= 11 is 0. The third kappa shape index (κ3) is 2.42. The molecule has 0 saturated heterocycles. The predicted octanol–water partition coefficient (Wildman–Crippen LogP) is 2.35. The summed E-state index contributed by atoms with van der Waals surface area (Å²) in [7, 11) is 1.65. The van der Waals surface area contributed by atoms with Gasteiger partial charge in [-0.1, -0.05) is 0 Å². The second-order valence-electron chi connectivity index (χ2n) is 3.93. The van der Waals surface area contributed by atoms with E-state index in [1.54, 1.807) is 7.11 Å². The Hall–Kier alpha value is -1.22. The molecule has 3 nitrogen and oxygen atoms in total. The molecule has 3 heteroatoms. The first-order valence-electron chi connectivity index (χ1n) is 5.33. The Kier molecular flexibility index (Phi) is 3.11. The summed E-state index contributed by atoms with van der Waals surface area (Å²) in [5.41, 5.74) is 7.64. The van der Waals surface area contributed by atoms with Crippen molar-refractivity contribution in [2.45, 2.75) is 32.0 Å². The van der Waals surface area contributed by atoms with E-state index in [1.807, 2.05) is 18.2 Å². The lowest BCUT2D eigenvalue weighted by molar-refractivity contribution is -0.00846. The Morgan fingerprint density at radius 2 is 2.20 bits per heavy atom. The van der Waals surface area contributed by atoms with Crippen LogP contribution in [0, 0.1) is 0 Å². The van der Waals surface area contributed by atoms with E-state index in [4.69, 9.17) is 15.2 Å². The minimum Gasteiger partial charge on any atom is -0.497 e. The van der Waals surface area contributed by atoms with Crippen molar-refractivity contribution in [3.8, 4) is 5.75 Å². The number of ether oxygens (including phenoxy) is 2. The summed E-state index contributed by atoms with van der Waals surface area (Å²) in [4.78, 5) is 0. The van der Waals surface area contributed by atoms with Crippen molar-refractivity contribution >= 4 is 5.69 Å². The van der Waals surface area contributed by atoms with Crippen molar-refractivity contribution in [2.24, 2.45) is 0 Å². The Morgan fingerprint density at radius 1 is 1.40 bits per heavy atom. The highest BCUT2D eigenvalue weighted by Gasteiger charge is 2.18. The molecule has 1 saturated carbocycles. The van der Waals surface area contributed by atoms with Crippen molar-refractivity contribution in [2.75, 3.05) is 12.8 Å². The van der Waals surface area contributed by atoms with Crippen molar-refractivity contribution in [1.29, 1.82) is 0 Å². The Morgan fingerprint density at radius 3 is 2.80 bits per heavy atom. The fourth-order valence-electron chi connectivity index (χ4n) is 1.58. The van der Waals surface area contributed by atoms with Gasteiger partial charge in [0.05, 0.1) is 19.8 Å². The van der Waals surface area contributed by atoms with Crippen LogP contribution in [0.4, 0.5) is 5.69 Å². The van der Waals surface area contributed by atoms with Gasteiger partial charge in [-0.3, -0.25) is 0 Å². The third-order valence-corrected chi connectivity index (χ3v) is 2.88. The molecule has 1 aromatic rings. The van der Waals surface area contributed by atoms with Crippen LogP contribution in [0.5, 0.6) is 5.75 Å². The second kappa shape index (κ2) is 4.53. The van der Waals surface area contributed by atoms with Crippen molar-refractivity contribution in [3.05, 3.63) is 23.8 Å². The number of nitrogens with two attached hydrogens (primary N) is 1. The maximum Gasteiger partial charge on any atom is 0.119 e. The lowest BCUT2D eigenvalue weighted by atomic mass is 9.96. The Bertz CT molecular complexity index is 334. The Balaban J connectivity index is 1.98. The number of hydrogen-bond acceptors (Lipinski definition) is 3. The molecule has 0 unspecified atom stereocenters.